The van der Waals surface area contributed by atoms with E-state index in [9.17, 15) is 0 Å². The number of anilines is 1. The van der Waals surface area contributed by atoms with Crippen molar-refractivity contribution in [3.05, 3.63) is 42.1 Å². The van der Waals surface area contributed by atoms with Crippen LogP contribution in [0, 0.1) is 6.92 Å². The first kappa shape index (κ1) is 15.1. The van der Waals surface area contributed by atoms with Gasteiger partial charge in [-0.15, -0.1) is 0 Å². The Hall–Kier alpha value is -2.40. The molecular formula is C19H21N3O2. The molecule has 4 rings (SSSR count). The molecule has 24 heavy (non-hydrogen) atoms. The number of nitrogens with zero attached hydrogens (tertiary/aromatic N) is 3. The number of fused-ring (bicyclic) bond motifs is 1. The molecule has 1 aliphatic heterocycles. The van der Waals surface area contributed by atoms with Crippen molar-refractivity contribution >= 4 is 16.8 Å². The fraction of sp³-hybridized carbons (Fsp3) is 0.368. The predicted octanol–water partition coefficient (Wildman–Crippen LogP) is 3.81. The lowest BCUT2D eigenvalue weighted by molar-refractivity contribution is 0.0819. The van der Waals surface area contributed by atoms with E-state index < -0.39 is 0 Å². The number of aryl methyl sites for hydroxylation is 1. The first-order valence-corrected chi connectivity index (χ1v) is 8.36. The molecule has 3 heterocycles. The molecule has 1 aliphatic rings. The van der Waals surface area contributed by atoms with Crippen LogP contribution >= 0.6 is 0 Å². The fourth-order valence-corrected chi connectivity index (χ4v) is 3.34. The van der Waals surface area contributed by atoms with E-state index in [1.807, 2.05) is 25.1 Å². The average Bonchev–Trinajstić information content (AvgIpc) is 3.03. The normalized spacial score (nSPS) is 16.0. The van der Waals surface area contributed by atoms with Gasteiger partial charge in [-0.2, -0.15) is 0 Å². The highest BCUT2D eigenvalue weighted by atomic mass is 16.5. The quantitative estimate of drug-likeness (QED) is 0.733. The van der Waals surface area contributed by atoms with Crippen LogP contribution in [0.25, 0.3) is 22.4 Å². The topological polar surface area (TPSA) is 51.4 Å². The number of ether oxygens (including phenoxy) is 1. The van der Waals surface area contributed by atoms with Crippen LogP contribution < -0.4 is 4.90 Å². The summed E-state index contributed by atoms with van der Waals surface area (Å²) in [5, 5.41) is 4.13. The number of rotatable bonds is 3. The number of hydrogen-bond donors (Lipinski definition) is 0. The van der Waals surface area contributed by atoms with E-state index in [0.29, 0.717) is 6.10 Å². The number of pyridine rings is 1. The highest BCUT2D eigenvalue weighted by Gasteiger charge is 2.23. The van der Waals surface area contributed by atoms with Gasteiger partial charge in [0.15, 0.2) is 0 Å². The molecule has 1 aromatic carbocycles. The summed E-state index contributed by atoms with van der Waals surface area (Å²) in [5.74, 6) is 0. The van der Waals surface area contributed by atoms with Crippen molar-refractivity contribution < 1.29 is 9.26 Å². The van der Waals surface area contributed by atoms with Gasteiger partial charge < -0.3 is 14.2 Å². The smallest absolute Gasteiger partial charge is 0.208 e. The van der Waals surface area contributed by atoms with Crippen molar-refractivity contribution in [1.82, 2.24) is 10.1 Å². The van der Waals surface area contributed by atoms with Gasteiger partial charge in [0, 0.05) is 25.8 Å². The molecule has 5 nitrogen and oxygen atoms in total. The maximum atomic E-state index is 5.59. The first-order valence-electron chi connectivity index (χ1n) is 8.36. The Balaban J connectivity index is 1.79. The Morgan fingerprint density at radius 3 is 2.62 bits per heavy atom. The summed E-state index contributed by atoms with van der Waals surface area (Å²) in [6, 6.07) is 12.4. The molecule has 0 atom stereocenters. The van der Waals surface area contributed by atoms with Crippen molar-refractivity contribution in [1.29, 1.82) is 0 Å². The van der Waals surface area contributed by atoms with E-state index >= 15 is 0 Å². The second-order valence-corrected chi connectivity index (χ2v) is 6.26. The molecule has 3 aromatic rings. The molecule has 2 aromatic heterocycles. The van der Waals surface area contributed by atoms with Crippen molar-refractivity contribution in [2.24, 2.45) is 0 Å². The highest BCUT2D eigenvalue weighted by molar-refractivity contribution is 5.90. The number of hydrogen-bond acceptors (Lipinski definition) is 5. The van der Waals surface area contributed by atoms with Gasteiger partial charge in [0.05, 0.1) is 17.5 Å². The zero-order valence-corrected chi connectivity index (χ0v) is 14.0. The van der Waals surface area contributed by atoms with Crippen LogP contribution in [0.2, 0.25) is 0 Å². The van der Waals surface area contributed by atoms with Gasteiger partial charge in [-0.3, -0.25) is 0 Å². The van der Waals surface area contributed by atoms with Crippen LogP contribution in [-0.2, 0) is 4.74 Å². The lowest BCUT2D eigenvalue weighted by Crippen LogP contribution is -2.36. The number of piperidine rings is 1. The highest BCUT2D eigenvalue weighted by Crippen LogP contribution is 2.33. The summed E-state index contributed by atoms with van der Waals surface area (Å²) in [4.78, 5) is 7.14. The van der Waals surface area contributed by atoms with Gasteiger partial charge in [-0.05, 0) is 25.8 Å². The van der Waals surface area contributed by atoms with Gasteiger partial charge >= 0.3 is 0 Å². The van der Waals surface area contributed by atoms with Crippen LogP contribution in [0.15, 0.2) is 40.9 Å². The molecule has 0 spiro atoms. The van der Waals surface area contributed by atoms with E-state index in [4.69, 9.17) is 14.2 Å². The third kappa shape index (κ3) is 2.65. The Kier molecular flexibility index (Phi) is 3.94. The minimum absolute atomic E-state index is 0.351. The van der Waals surface area contributed by atoms with Crippen LogP contribution in [0.3, 0.4) is 0 Å². The molecule has 0 saturated carbocycles. The van der Waals surface area contributed by atoms with Crippen LogP contribution in [0.4, 0.5) is 5.69 Å². The molecule has 1 fully saturated rings. The largest absolute Gasteiger partial charge is 0.381 e. The number of methoxy groups -OCH3 is 1. The van der Waals surface area contributed by atoms with Gasteiger partial charge in [0.25, 0.3) is 0 Å². The van der Waals surface area contributed by atoms with E-state index in [2.05, 4.69) is 28.3 Å². The first-order chi connectivity index (χ1) is 11.8. The molecule has 124 valence electrons. The summed E-state index contributed by atoms with van der Waals surface area (Å²) in [6.45, 7) is 3.84. The fourth-order valence-electron chi connectivity index (χ4n) is 3.34. The third-order valence-electron chi connectivity index (χ3n) is 4.76. The van der Waals surface area contributed by atoms with Gasteiger partial charge in [-0.25, -0.2) is 4.98 Å². The summed E-state index contributed by atoms with van der Waals surface area (Å²) in [6.07, 6.45) is 2.39. The molecule has 0 N–H and O–H groups in total. The molecule has 5 heteroatoms. The summed E-state index contributed by atoms with van der Waals surface area (Å²) >= 11 is 0. The van der Waals surface area contributed by atoms with Crippen LogP contribution in [0.1, 0.15) is 18.5 Å². The Bertz CT molecular complexity index is 836. The number of aromatic nitrogens is 2. The monoisotopic (exact) mass is 323 g/mol. The second kappa shape index (κ2) is 6.24. The van der Waals surface area contributed by atoms with E-state index in [1.54, 1.807) is 7.11 Å². The van der Waals surface area contributed by atoms with Gasteiger partial charge in [0.1, 0.15) is 11.2 Å². The molecule has 1 saturated heterocycles. The second-order valence-electron chi connectivity index (χ2n) is 6.26. The minimum Gasteiger partial charge on any atom is -0.381 e. The number of benzene rings is 1. The molecule has 0 radical (unpaired) electrons. The Morgan fingerprint density at radius 1 is 1.17 bits per heavy atom. The summed E-state index contributed by atoms with van der Waals surface area (Å²) in [7, 11) is 1.79. The summed E-state index contributed by atoms with van der Waals surface area (Å²) in [5.41, 5.74) is 5.60. The lowest BCUT2D eigenvalue weighted by Gasteiger charge is -2.32. The summed E-state index contributed by atoms with van der Waals surface area (Å²) < 4.78 is 11.1. The van der Waals surface area contributed by atoms with Crippen molar-refractivity contribution in [2.75, 3.05) is 25.1 Å². The van der Waals surface area contributed by atoms with E-state index in [-0.39, 0.29) is 0 Å². The molecule has 0 unspecified atom stereocenters. The van der Waals surface area contributed by atoms with Crippen LogP contribution in [0.5, 0.6) is 0 Å². The molecule has 0 aliphatic carbocycles. The molecular weight excluding hydrogens is 302 g/mol. The SMILES string of the molecule is COC1CCN(c2cc(-c3ccccc3)nc3c(C)noc23)CC1. The van der Waals surface area contributed by atoms with E-state index in [0.717, 1.165) is 59.7 Å². The molecule has 0 bridgehead atoms. The van der Waals surface area contributed by atoms with Crippen molar-refractivity contribution in [3.63, 3.8) is 0 Å². The maximum Gasteiger partial charge on any atom is 0.208 e. The zero-order valence-electron chi connectivity index (χ0n) is 14.0. The third-order valence-corrected chi connectivity index (χ3v) is 4.76. The zero-order chi connectivity index (χ0) is 16.5. The van der Waals surface area contributed by atoms with Gasteiger partial charge in [-0.1, -0.05) is 35.5 Å². The van der Waals surface area contributed by atoms with Crippen molar-refractivity contribution in [3.8, 4) is 11.3 Å². The molecule has 0 amide bonds. The lowest BCUT2D eigenvalue weighted by atomic mass is 10.1. The Labute approximate surface area is 141 Å². The Morgan fingerprint density at radius 2 is 1.92 bits per heavy atom. The minimum atomic E-state index is 0.351. The van der Waals surface area contributed by atoms with Gasteiger partial charge in [0.2, 0.25) is 5.58 Å². The average molecular weight is 323 g/mol. The standard InChI is InChI=1S/C19H21N3O2/c1-13-18-19(24-21-13)17(22-10-8-15(23-2)9-11-22)12-16(20-18)14-6-4-3-5-7-14/h3-7,12,15H,8-11H2,1-2H3. The van der Waals surface area contributed by atoms with Crippen molar-refractivity contribution in [2.45, 2.75) is 25.9 Å². The predicted molar refractivity (Wildman–Crippen MR) is 94.2 cm³/mol. The maximum absolute atomic E-state index is 5.59. The van der Waals surface area contributed by atoms with E-state index in [1.165, 1.54) is 0 Å². The van der Waals surface area contributed by atoms with Crippen LogP contribution in [-0.4, -0.2) is 36.4 Å².